The third kappa shape index (κ3) is 3.76. The van der Waals surface area contributed by atoms with Crippen molar-refractivity contribution in [2.45, 2.75) is 59.0 Å². The lowest BCUT2D eigenvalue weighted by Gasteiger charge is -2.42. The zero-order valence-electron chi connectivity index (χ0n) is 10.9. The first-order chi connectivity index (χ1) is 7.19. The lowest BCUT2D eigenvalue weighted by Crippen LogP contribution is -2.58. The van der Waals surface area contributed by atoms with Gasteiger partial charge in [0.2, 0.25) is 0 Å². The Labute approximate surface area is 95.4 Å². The molecule has 1 fully saturated rings. The van der Waals surface area contributed by atoms with Crippen molar-refractivity contribution in [3.8, 4) is 0 Å². The summed E-state index contributed by atoms with van der Waals surface area (Å²) in [7, 11) is 0. The van der Waals surface area contributed by atoms with Crippen LogP contribution in [-0.4, -0.2) is 36.6 Å². The van der Waals surface area contributed by atoms with Crippen LogP contribution in [0, 0.1) is 5.92 Å². The van der Waals surface area contributed by atoms with E-state index < -0.39 is 0 Å². The van der Waals surface area contributed by atoms with E-state index in [9.17, 15) is 0 Å². The molecule has 2 unspecified atom stereocenters. The monoisotopic (exact) mass is 212 g/mol. The standard InChI is InChI=1S/C13H28N2/c1-5-7-12-9-14-13(11(3)4)10-15(12)8-6-2/h11-14H,5-10H2,1-4H3. The summed E-state index contributed by atoms with van der Waals surface area (Å²) in [6, 6.07) is 1.48. The van der Waals surface area contributed by atoms with E-state index in [0.717, 1.165) is 12.0 Å². The molecule has 1 aliphatic rings. The number of rotatable bonds is 5. The summed E-state index contributed by atoms with van der Waals surface area (Å²) in [6.45, 7) is 12.9. The highest BCUT2D eigenvalue weighted by Crippen LogP contribution is 2.16. The molecular formula is C13H28N2. The summed E-state index contributed by atoms with van der Waals surface area (Å²) in [4.78, 5) is 2.70. The molecule has 2 heteroatoms. The van der Waals surface area contributed by atoms with E-state index in [1.165, 1.54) is 38.9 Å². The molecule has 1 saturated heterocycles. The van der Waals surface area contributed by atoms with Crippen LogP contribution in [0.2, 0.25) is 0 Å². The van der Waals surface area contributed by atoms with Crippen molar-refractivity contribution >= 4 is 0 Å². The molecule has 15 heavy (non-hydrogen) atoms. The van der Waals surface area contributed by atoms with Crippen LogP contribution in [0.15, 0.2) is 0 Å². The second kappa shape index (κ2) is 6.49. The third-order valence-corrected chi connectivity index (χ3v) is 3.50. The van der Waals surface area contributed by atoms with Crippen LogP contribution in [-0.2, 0) is 0 Å². The molecule has 0 saturated carbocycles. The number of nitrogens with zero attached hydrogens (tertiary/aromatic N) is 1. The van der Waals surface area contributed by atoms with Crippen LogP contribution < -0.4 is 5.32 Å². The van der Waals surface area contributed by atoms with E-state index in [2.05, 4.69) is 37.9 Å². The normalized spacial score (nSPS) is 28.6. The van der Waals surface area contributed by atoms with Crippen LogP contribution in [0.3, 0.4) is 0 Å². The lowest BCUT2D eigenvalue weighted by molar-refractivity contribution is 0.107. The van der Waals surface area contributed by atoms with Crippen molar-refractivity contribution < 1.29 is 0 Å². The third-order valence-electron chi connectivity index (χ3n) is 3.50. The van der Waals surface area contributed by atoms with E-state index in [0.29, 0.717) is 6.04 Å². The molecule has 0 aromatic carbocycles. The molecule has 1 heterocycles. The van der Waals surface area contributed by atoms with Gasteiger partial charge in [0, 0.05) is 25.2 Å². The zero-order chi connectivity index (χ0) is 11.3. The number of hydrogen-bond acceptors (Lipinski definition) is 2. The van der Waals surface area contributed by atoms with E-state index in [1.807, 2.05) is 0 Å². The van der Waals surface area contributed by atoms with Gasteiger partial charge in [0.05, 0.1) is 0 Å². The van der Waals surface area contributed by atoms with Gasteiger partial charge in [-0.1, -0.05) is 34.1 Å². The fourth-order valence-corrected chi connectivity index (χ4v) is 2.51. The Kier molecular flexibility index (Phi) is 5.62. The second-order valence-corrected chi connectivity index (χ2v) is 5.20. The molecule has 0 amide bonds. The van der Waals surface area contributed by atoms with Gasteiger partial charge in [-0.3, -0.25) is 4.90 Å². The van der Waals surface area contributed by atoms with Gasteiger partial charge in [-0.2, -0.15) is 0 Å². The van der Waals surface area contributed by atoms with Gasteiger partial charge >= 0.3 is 0 Å². The Bertz CT molecular complexity index is 168. The Hall–Kier alpha value is -0.0800. The molecule has 2 nitrogen and oxygen atoms in total. The van der Waals surface area contributed by atoms with Crippen LogP contribution >= 0.6 is 0 Å². The molecule has 2 atom stereocenters. The minimum Gasteiger partial charge on any atom is -0.311 e. The van der Waals surface area contributed by atoms with Crippen molar-refractivity contribution in [1.29, 1.82) is 0 Å². The lowest BCUT2D eigenvalue weighted by atomic mass is 9.97. The Morgan fingerprint density at radius 2 is 2.00 bits per heavy atom. The molecule has 0 aromatic rings. The highest BCUT2D eigenvalue weighted by Gasteiger charge is 2.27. The zero-order valence-corrected chi connectivity index (χ0v) is 10.9. The van der Waals surface area contributed by atoms with Gasteiger partial charge in [-0.05, 0) is 25.3 Å². The maximum Gasteiger partial charge on any atom is 0.0221 e. The predicted octanol–water partition coefficient (Wildman–Crippen LogP) is 2.49. The van der Waals surface area contributed by atoms with Crippen molar-refractivity contribution in [2.75, 3.05) is 19.6 Å². The maximum absolute atomic E-state index is 3.70. The quantitative estimate of drug-likeness (QED) is 0.753. The van der Waals surface area contributed by atoms with Gasteiger partial charge < -0.3 is 5.32 Å². The molecule has 0 aromatic heterocycles. The van der Waals surface area contributed by atoms with Crippen molar-refractivity contribution in [3.63, 3.8) is 0 Å². The van der Waals surface area contributed by atoms with E-state index in [1.54, 1.807) is 0 Å². The molecule has 90 valence electrons. The first-order valence-electron chi connectivity index (χ1n) is 6.66. The van der Waals surface area contributed by atoms with Crippen LogP contribution in [0.1, 0.15) is 47.0 Å². The minimum atomic E-state index is 0.699. The predicted molar refractivity (Wildman–Crippen MR) is 67.2 cm³/mol. The van der Waals surface area contributed by atoms with Gasteiger partial charge in [0.25, 0.3) is 0 Å². The number of nitrogens with one attached hydrogen (secondary N) is 1. The average Bonchev–Trinajstić information content (AvgIpc) is 2.21. The molecule has 0 aliphatic carbocycles. The highest BCUT2D eigenvalue weighted by molar-refractivity contribution is 4.87. The minimum absolute atomic E-state index is 0.699. The first kappa shape index (κ1) is 13.0. The Morgan fingerprint density at radius 1 is 1.27 bits per heavy atom. The fraction of sp³-hybridized carbons (Fsp3) is 1.00. The smallest absolute Gasteiger partial charge is 0.0221 e. The molecule has 0 bridgehead atoms. The number of hydrogen-bond donors (Lipinski definition) is 1. The topological polar surface area (TPSA) is 15.3 Å². The van der Waals surface area contributed by atoms with Gasteiger partial charge in [0.15, 0.2) is 0 Å². The Morgan fingerprint density at radius 3 is 2.53 bits per heavy atom. The van der Waals surface area contributed by atoms with Gasteiger partial charge in [-0.15, -0.1) is 0 Å². The average molecular weight is 212 g/mol. The fourth-order valence-electron chi connectivity index (χ4n) is 2.51. The first-order valence-corrected chi connectivity index (χ1v) is 6.66. The summed E-state index contributed by atoms with van der Waals surface area (Å²) in [5.74, 6) is 0.756. The summed E-state index contributed by atoms with van der Waals surface area (Å²) < 4.78 is 0. The van der Waals surface area contributed by atoms with Crippen molar-refractivity contribution in [1.82, 2.24) is 10.2 Å². The van der Waals surface area contributed by atoms with Crippen LogP contribution in [0.25, 0.3) is 0 Å². The molecule has 1 aliphatic heterocycles. The molecule has 0 spiro atoms. The molecule has 0 radical (unpaired) electrons. The Balaban J connectivity index is 2.48. The van der Waals surface area contributed by atoms with Gasteiger partial charge in [-0.25, -0.2) is 0 Å². The molecule has 1 rings (SSSR count). The highest BCUT2D eigenvalue weighted by atomic mass is 15.2. The summed E-state index contributed by atoms with van der Waals surface area (Å²) in [6.07, 6.45) is 3.93. The molecule has 1 N–H and O–H groups in total. The second-order valence-electron chi connectivity index (χ2n) is 5.20. The summed E-state index contributed by atoms with van der Waals surface area (Å²) >= 11 is 0. The SMILES string of the molecule is CCCC1CNC(C(C)C)CN1CCC. The maximum atomic E-state index is 3.70. The largest absolute Gasteiger partial charge is 0.311 e. The molecular weight excluding hydrogens is 184 g/mol. The van der Waals surface area contributed by atoms with Crippen molar-refractivity contribution in [2.24, 2.45) is 5.92 Å². The van der Waals surface area contributed by atoms with Crippen molar-refractivity contribution in [3.05, 3.63) is 0 Å². The number of piperazine rings is 1. The van der Waals surface area contributed by atoms with E-state index in [4.69, 9.17) is 0 Å². The van der Waals surface area contributed by atoms with Gasteiger partial charge in [0.1, 0.15) is 0 Å². The van der Waals surface area contributed by atoms with E-state index in [-0.39, 0.29) is 0 Å². The summed E-state index contributed by atoms with van der Waals surface area (Å²) in [5, 5.41) is 3.70. The van der Waals surface area contributed by atoms with Crippen LogP contribution in [0.4, 0.5) is 0 Å². The summed E-state index contributed by atoms with van der Waals surface area (Å²) in [5.41, 5.74) is 0. The van der Waals surface area contributed by atoms with E-state index >= 15 is 0 Å². The van der Waals surface area contributed by atoms with Crippen LogP contribution in [0.5, 0.6) is 0 Å².